The van der Waals surface area contributed by atoms with Crippen molar-refractivity contribution in [2.24, 2.45) is 5.92 Å². The van der Waals surface area contributed by atoms with E-state index in [1.807, 2.05) is 53.6 Å². The number of carbonyl (C=O) groups is 1. The van der Waals surface area contributed by atoms with Crippen molar-refractivity contribution in [1.29, 1.82) is 0 Å². The minimum absolute atomic E-state index is 0.0961. The van der Waals surface area contributed by atoms with E-state index in [1.54, 1.807) is 6.33 Å². The second-order valence-corrected chi connectivity index (χ2v) is 9.97. The average molecular weight is 466 g/mol. The Bertz CT molecular complexity index is 1260. The highest BCUT2D eigenvalue weighted by molar-refractivity contribution is 5.77. The van der Waals surface area contributed by atoms with Crippen molar-refractivity contribution in [2.45, 2.75) is 85.1 Å². The molecule has 2 atom stereocenters. The van der Waals surface area contributed by atoms with Gasteiger partial charge in [-0.3, -0.25) is 14.2 Å². The number of piperidine rings is 1. The number of benzene rings is 1. The molecule has 0 bridgehead atoms. The van der Waals surface area contributed by atoms with Gasteiger partial charge < -0.3 is 9.47 Å². The maximum Gasteiger partial charge on any atom is 0.333 e. The van der Waals surface area contributed by atoms with Gasteiger partial charge in [0.2, 0.25) is 5.91 Å². The molecule has 0 aliphatic carbocycles. The van der Waals surface area contributed by atoms with Crippen molar-refractivity contribution in [2.75, 3.05) is 0 Å². The van der Waals surface area contributed by atoms with Gasteiger partial charge in [0.15, 0.2) is 11.2 Å². The molecule has 34 heavy (non-hydrogen) atoms. The summed E-state index contributed by atoms with van der Waals surface area (Å²) < 4.78 is 4.45. The van der Waals surface area contributed by atoms with Crippen molar-refractivity contribution < 1.29 is 4.79 Å². The number of aryl methyl sites for hydroxylation is 1. The van der Waals surface area contributed by atoms with Crippen LogP contribution in [0.3, 0.4) is 0 Å². The molecular weight excluding hydrogens is 430 g/mol. The Labute approximate surface area is 199 Å². The van der Waals surface area contributed by atoms with Crippen molar-refractivity contribution in [3.05, 3.63) is 63.1 Å². The molecule has 3 aromatic rings. The standard InChI is InChI=1S/C26H35N5O3/c1-18(2)13-14-28-17-27-24-23(28)25(33)30(16-22(32)31-19(3)9-8-10-20(31)4)26(34)29(24)15-21-11-6-5-7-12-21/h5-7,11-12,17-20H,8-10,13-16H2,1-4H3/t19-,20-/m0/s1. The largest absolute Gasteiger partial charge is 0.336 e. The number of fused-ring (bicyclic) bond motifs is 1. The zero-order valence-corrected chi connectivity index (χ0v) is 20.6. The highest BCUT2D eigenvalue weighted by Crippen LogP contribution is 2.22. The topological polar surface area (TPSA) is 82.1 Å². The summed E-state index contributed by atoms with van der Waals surface area (Å²) in [6, 6.07) is 9.81. The second-order valence-electron chi connectivity index (χ2n) is 9.97. The number of carbonyl (C=O) groups excluding carboxylic acids is 1. The van der Waals surface area contributed by atoms with Crippen LogP contribution in [0.5, 0.6) is 0 Å². The van der Waals surface area contributed by atoms with Crippen molar-refractivity contribution >= 4 is 17.1 Å². The molecule has 8 heteroatoms. The monoisotopic (exact) mass is 465 g/mol. The number of imidazole rings is 1. The van der Waals surface area contributed by atoms with Gasteiger partial charge in [0, 0.05) is 18.6 Å². The van der Waals surface area contributed by atoms with Gasteiger partial charge in [0.1, 0.15) is 6.54 Å². The van der Waals surface area contributed by atoms with E-state index >= 15 is 0 Å². The lowest BCUT2D eigenvalue weighted by atomic mass is 9.97. The highest BCUT2D eigenvalue weighted by Gasteiger charge is 2.30. The second kappa shape index (κ2) is 9.99. The Morgan fingerprint density at radius 1 is 1.06 bits per heavy atom. The molecule has 8 nitrogen and oxygen atoms in total. The molecule has 0 saturated carbocycles. The summed E-state index contributed by atoms with van der Waals surface area (Å²) in [7, 11) is 0. The van der Waals surface area contributed by atoms with Crippen molar-refractivity contribution in [3.63, 3.8) is 0 Å². The number of aromatic nitrogens is 4. The smallest absolute Gasteiger partial charge is 0.333 e. The summed E-state index contributed by atoms with van der Waals surface area (Å²) in [4.78, 5) is 46.8. The number of nitrogens with zero attached hydrogens (tertiary/aromatic N) is 5. The van der Waals surface area contributed by atoms with E-state index in [4.69, 9.17) is 0 Å². The van der Waals surface area contributed by atoms with Crippen molar-refractivity contribution in [1.82, 2.24) is 23.6 Å². The van der Waals surface area contributed by atoms with Gasteiger partial charge in [0.25, 0.3) is 5.56 Å². The Morgan fingerprint density at radius 2 is 1.74 bits per heavy atom. The van der Waals surface area contributed by atoms with E-state index < -0.39 is 11.2 Å². The first-order valence-electron chi connectivity index (χ1n) is 12.3. The van der Waals surface area contributed by atoms with Gasteiger partial charge >= 0.3 is 5.69 Å². The number of rotatable bonds is 7. The Balaban J connectivity index is 1.81. The minimum Gasteiger partial charge on any atom is -0.336 e. The van der Waals surface area contributed by atoms with Crippen LogP contribution in [0.1, 0.15) is 58.9 Å². The third-order valence-electron chi connectivity index (χ3n) is 6.89. The molecule has 1 aliphatic heterocycles. The van der Waals surface area contributed by atoms with Crippen LogP contribution in [0.4, 0.5) is 0 Å². The van der Waals surface area contributed by atoms with Crippen LogP contribution in [0.2, 0.25) is 0 Å². The molecule has 0 unspecified atom stereocenters. The molecule has 3 heterocycles. The lowest BCUT2D eigenvalue weighted by molar-refractivity contribution is -0.138. The molecule has 1 saturated heterocycles. The van der Waals surface area contributed by atoms with E-state index in [0.29, 0.717) is 23.6 Å². The maximum atomic E-state index is 13.6. The van der Waals surface area contributed by atoms with E-state index in [2.05, 4.69) is 18.8 Å². The van der Waals surface area contributed by atoms with E-state index in [9.17, 15) is 14.4 Å². The van der Waals surface area contributed by atoms with E-state index in [-0.39, 0.29) is 31.1 Å². The molecule has 2 aromatic heterocycles. The van der Waals surface area contributed by atoms with Crippen LogP contribution >= 0.6 is 0 Å². The van der Waals surface area contributed by atoms with Gasteiger partial charge in [-0.15, -0.1) is 0 Å². The summed E-state index contributed by atoms with van der Waals surface area (Å²) in [6.07, 6.45) is 5.46. The number of hydrogen-bond acceptors (Lipinski definition) is 4. The first-order chi connectivity index (χ1) is 16.3. The molecule has 182 valence electrons. The molecule has 1 amide bonds. The molecule has 1 fully saturated rings. The quantitative estimate of drug-likeness (QED) is 0.536. The van der Waals surface area contributed by atoms with Crippen LogP contribution in [-0.4, -0.2) is 41.6 Å². The maximum absolute atomic E-state index is 13.6. The zero-order valence-electron chi connectivity index (χ0n) is 20.6. The van der Waals surface area contributed by atoms with Gasteiger partial charge in [-0.2, -0.15) is 0 Å². The van der Waals surface area contributed by atoms with Crippen LogP contribution in [-0.2, 0) is 24.4 Å². The SMILES string of the molecule is CC(C)CCn1cnc2c1c(=O)n(CC(=O)N1[C@@H](C)CCC[C@@H]1C)c(=O)n2Cc1ccccc1. The molecule has 4 rings (SSSR count). The number of amides is 1. The van der Waals surface area contributed by atoms with Crippen LogP contribution < -0.4 is 11.2 Å². The van der Waals surface area contributed by atoms with Gasteiger partial charge in [0.05, 0.1) is 12.9 Å². The van der Waals surface area contributed by atoms with Crippen LogP contribution in [0.25, 0.3) is 11.2 Å². The molecule has 1 aliphatic rings. The highest BCUT2D eigenvalue weighted by atomic mass is 16.2. The average Bonchev–Trinajstić information content (AvgIpc) is 3.23. The molecule has 0 N–H and O–H groups in total. The van der Waals surface area contributed by atoms with Gasteiger partial charge in [-0.25, -0.2) is 14.3 Å². The fourth-order valence-electron chi connectivity index (χ4n) is 4.98. The summed E-state index contributed by atoms with van der Waals surface area (Å²) in [6.45, 7) is 8.98. The first-order valence-corrected chi connectivity index (χ1v) is 12.3. The minimum atomic E-state index is -0.499. The van der Waals surface area contributed by atoms with Gasteiger partial charge in [-0.1, -0.05) is 44.2 Å². The Hall–Kier alpha value is -3.16. The Morgan fingerprint density at radius 3 is 2.38 bits per heavy atom. The van der Waals surface area contributed by atoms with Gasteiger partial charge in [-0.05, 0) is 51.0 Å². The number of likely N-dealkylation sites (tertiary alicyclic amines) is 1. The lowest BCUT2D eigenvalue weighted by Gasteiger charge is -2.39. The molecule has 0 radical (unpaired) electrons. The third kappa shape index (κ3) is 4.72. The summed E-state index contributed by atoms with van der Waals surface area (Å²) >= 11 is 0. The normalized spacial score (nSPS) is 18.7. The van der Waals surface area contributed by atoms with Crippen molar-refractivity contribution in [3.8, 4) is 0 Å². The Kier molecular flexibility index (Phi) is 7.05. The number of hydrogen-bond donors (Lipinski definition) is 0. The molecule has 0 spiro atoms. The molecular formula is C26H35N5O3. The van der Waals surface area contributed by atoms with E-state index in [0.717, 1.165) is 35.8 Å². The fraction of sp³-hybridized carbons (Fsp3) is 0.538. The summed E-state index contributed by atoms with van der Waals surface area (Å²) in [5.74, 6) is 0.274. The zero-order chi connectivity index (χ0) is 24.4. The summed E-state index contributed by atoms with van der Waals surface area (Å²) in [5, 5.41) is 0. The van der Waals surface area contributed by atoms with Crippen LogP contribution in [0.15, 0.2) is 46.2 Å². The predicted octanol–water partition coefficient (Wildman–Crippen LogP) is 3.24. The first kappa shape index (κ1) is 24.0. The molecule has 1 aromatic carbocycles. The predicted molar refractivity (Wildman–Crippen MR) is 133 cm³/mol. The summed E-state index contributed by atoms with van der Waals surface area (Å²) in [5.41, 5.74) is 0.726. The lowest BCUT2D eigenvalue weighted by Crippen LogP contribution is -2.51. The fourth-order valence-corrected chi connectivity index (χ4v) is 4.98. The third-order valence-corrected chi connectivity index (χ3v) is 6.89. The van der Waals surface area contributed by atoms with E-state index in [1.165, 1.54) is 4.57 Å². The van der Waals surface area contributed by atoms with Crippen LogP contribution in [0, 0.1) is 5.92 Å².